The molecule has 1 aromatic carbocycles. The summed E-state index contributed by atoms with van der Waals surface area (Å²) in [7, 11) is 0. The minimum atomic E-state index is -0.331. The number of rotatable bonds is 4. The lowest BCUT2D eigenvalue weighted by Gasteiger charge is -2.15. The normalized spacial score (nSPS) is 12.6. The van der Waals surface area contributed by atoms with Gasteiger partial charge in [0.1, 0.15) is 11.6 Å². The Morgan fingerprint density at radius 1 is 1.41 bits per heavy atom. The average Bonchev–Trinajstić information content (AvgIpc) is 2.82. The molecule has 0 fully saturated rings. The van der Waals surface area contributed by atoms with Gasteiger partial charge in [-0.15, -0.1) is 11.3 Å². The highest BCUT2D eigenvalue weighted by Gasteiger charge is 2.11. The number of phenolic OH excluding ortho intramolecular Hbond substituents is 1. The van der Waals surface area contributed by atoms with Crippen molar-refractivity contribution in [2.75, 3.05) is 0 Å². The maximum absolute atomic E-state index is 13.1. The topological polar surface area (TPSA) is 32.3 Å². The van der Waals surface area contributed by atoms with Gasteiger partial charge < -0.3 is 10.4 Å². The maximum atomic E-state index is 13.1. The number of hydrogen-bond acceptors (Lipinski definition) is 3. The summed E-state index contributed by atoms with van der Waals surface area (Å²) in [6.45, 7) is 2.62. The van der Waals surface area contributed by atoms with Crippen LogP contribution in [0.2, 0.25) is 0 Å². The zero-order chi connectivity index (χ0) is 12.3. The van der Waals surface area contributed by atoms with Crippen molar-refractivity contribution in [3.63, 3.8) is 0 Å². The number of phenols is 1. The fourth-order valence-electron chi connectivity index (χ4n) is 1.65. The van der Waals surface area contributed by atoms with Gasteiger partial charge in [0.2, 0.25) is 0 Å². The minimum Gasteiger partial charge on any atom is -0.508 e. The Kier molecular flexibility index (Phi) is 3.76. The highest BCUT2D eigenvalue weighted by atomic mass is 32.1. The van der Waals surface area contributed by atoms with Crippen LogP contribution in [0.25, 0.3) is 0 Å². The first-order valence-electron chi connectivity index (χ1n) is 5.41. The maximum Gasteiger partial charge on any atom is 0.123 e. The summed E-state index contributed by atoms with van der Waals surface area (Å²) in [5.41, 5.74) is 0.585. The van der Waals surface area contributed by atoms with Crippen molar-refractivity contribution >= 4 is 11.3 Å². The molecule has 0 radical (unpaired) electrons. The predicted molar refractivity (Wildman–Crippen MR) is 67.6 cm³/mol. The van der Waals surface area contributed by atoms with Gasteiger partial charge in [-0.2, -0.15) is 0 Å². The summed E-state index contributed by atoms with van der Waals surface area (Å²) < 4.78 is 13.1. The van der Waals surface area contributed by atoms with Crippen LogP contribution in [-0.4, -0.2) is 5.11 Å². The molecule has 2 N–H and O–H groups in total. The van der Waals surface area contributed by atoms with Crippen molar-refractivity contribution in [3.05, 3.63) is 52.0 Å². The van der Waals surface area contributed by atoms with Crippen LogP contribution in [0.15, 0.2) is 35.7 Å². The van der Waals surface area contributed by atoms with Crippen LogP contribution in [0.4, 0.5) is 4.39 Å². The third kappa shape index (κ3) is 3.05. The van der Waals surface area contributed by atoms with Gasteiger partial charge in [0.15, 0.2) is 0 Å². The largest absolute Gasteiger partial charge is 0.508 e. The fraction of sp³-hybridized carbons (Fsp3) is 0.231. The van der Waals surface area contributed by atoms with E-state index >= 15 is 0 Å². The summed E-state index contributed by atoms with van der Waals surface area (Å²) in [6.07, 6.45) is 0. The third-order valence-electron chi connectivity index (χ3n) is 2.62. The molecule has 0 aliphatic carbocycles. The standard InChI is InChI=1S/C13H14FNOS/c1-9(15-8-11-3-2-6-17-11)12-7-10(14)4-5-13(12)16/h2-7,9,15-16H,8H2,1H3. The van der Waals surface area contributed by atoms with Crippen LogP contribution in [0.5, 0.6) is 5.75 Å². The molecule has 0 aliphatic heterocycles. The van der Waals surface area contributed by atoms with E-state index in [2.05, 4.69) is 5.32 Å². The van der Waals surface area contributed by atoms with E-state index in [0.717, 1.165) is 6.54 Å². The van der Waals surface area contributed by atoms with Crippen molar-refractivity contribution in [3.8, 4) is 5.75 Å². The molecule has 2 aromatic rings. The Balaban J connectivity index is 2.04. The van der Waals surface area contributed by atoms with Gasteiger partial charge in [-0.25, -0.2) is 4.39 Å². The van der Waals surface area contributed by atoms with Gasteiger partial charge >= 0.3 is 0 Å². The monoisotopic (exact) mass is 251 g/mol. The number of benzene rings is 1. The lowest BCUT2D eigenvalue weighted by atomic mass is 10.1. The van der Waals surface area contributed by atoms with Gasteiger partial charge in [-0.05, 0) is 36.6 Å². The van der Waals surface area contributed by atoms with E-state index in [1.54, 1.807) is 11.3 Å². The van der Waals surface area contributed by atoms with E-state index in [1.165, 1.54) is 23.1 Å². The molecule has 2 rings (SSSR count). The van der Waals surface area contributed by atoms with E-state index in [0.29, 0.717) is 5.56 Å². The predicted octanol–water partition coefficient (Wildman–Crippen LogP) is 3.44. The quantitative estimate of drug-likeness (QED) is 0.872. The second-order valence-corrected chi connectivity index (χ2v) is 4.92. The van der Waals surface area contributed by atoms with Crippen molar-refractivity contribution in [1.29, 1.82) is 0 Å². The van der Waals surface area contributed by atoms with Crippen molar-refractivity contribution in [1.82, 2.24) is 5.32 Å². The molecule has 90 valence electrons. The summed E-state index contributed by atoms with van der Waals surface area (Å²) >= 11 is 1.67. The van der Waals surface area contributed by atoms with Crippen LogP contribution in [0.1, 0.15) is 23.4 Å². The summed E-state index contributed by atoms with van der Waals surface area (Å²) in [5, 5.41) is 14.9. The Hall–Kier alpha value is -1.39. The van der Waals surface area contributed by atoms with E-state index in [4.69, 9.17) is 0 Å². The molecule has 0 saturated heterocycles. The molecular weight excluding hydrogens is 237 g/mol. The lowest BCUT2D eigenvalue weighted by Crippen LogP contribution is -2.17. The molecule has 1 atom stereocenters. The number of thiophene rings is 1. The second kappa shape index (κ2) is 5.29. The molecule has 0 saturated carbocycles. The first-order chi connectivity index (χ1) is 8.16. The van der Waals surface area contributed by atoms with Crippen molar-refractivity contribution in [2.24, 2.45) is 0 Å². The van der Waals surface area contributed by atoms with E-state index in [1.807, 2.05) is 24.4 Å². The minimum absolute atomic E-state index is 0.0900. The molecule has 1 unspecified atom stereocenters. The highest BCUT2D eigenvalue weighted by Crippen LogP contribution is 2.25. The molecule has 1 aromatic heterocycles. The molecule has 4 heteroatoms. The van der Waals surface area contributed by atoms with Gasteiger partial charge in [0.05, 0.1) is 0 Å². The van der Waals surface area contributed by atoms with Crippen LogP contribution in [0.3, 0.4) is 0 Å². The van der Waals surface area contributed by atoms with Crippen LogP contribution in [0, 0.1) is 5.82 Å². The number of halogens is 1. The number of hydrogen-bond donors (Lipinski definition) is 2. The molecule has 0 bridgehead atoms. The Morgan fingerprint density at radius 2 is 2.24 bits per heavy atom. The molecule has 1 heterocycles. The average molecular weight is 251 g/mol. The van der Waals surface area contributed by atoms with Gasteiger partial charge in [-0.3, -0.25) is 0 Å². The van der Waals surface area contributed by atoms with Gasteiger partial charge in [0.25, 0.3) is 0 Å². The van der Waals surface area contributed by atoms with E-state index in [-0.39, 0.29) is 17.6 Å². The van der Waals surface area contributed by atoms with Gasteiger partial charge in [-0.1, -0.05) is 6.07 Å². The number of aromatic hydroxyl groups is 1. The second-order valence-electron chi connectivity index (χ2n) is 3.89. The molecule has 0 aliphatic rings. The Bertz CT molecular complexity index is 484. The van der Waals surface area contributed by atoms with E-state index in [9.17, 15) is 9.50 Å². The van der Waals surface area contributed by atoms with Crippen LogP contribution >= 0.6 is 11.3 Å². The summed E-state index contributed by atoms with van der Waals surface area (Å²) in [4.78, 5) is 1.22. The van der Waals surface area contributed by atoms with E-state index < -0.39 is 0 Å². The summed E-state index contributed by atoms with van der Waals surface area (Å²) in [5.74, 6) is -0.208. The van der Waals surface area contributed by atoms with Crippen molar-refractivity contribution < 1.29 is 9.50 Å². The molecule has 2 nitrogen and oxygen atoms in total. The molecule has 0 amide bonds. The molecule has 0 spiro atoms. The first-order valence-corrected chi connectivity index (χ1v) is 6.29. The highest BCUT2D eigenvalue weighted by molar-refractivity contribution is 7.09. The SMILES string of the molecule is CC(NCc1cccs1)c1cc(F)ccc1O. The zero-order valence-electron chi connectivity index (χ0n) is 9.48. The smallest absolute Gasteiger partial charge is 0.123 e. The zero-order valence-corrected chi connectivity index (χ0v) is 10.3. The fourth-order valence-corrected chi connectivity index (χ4v) is 2.30. The van der Waals surface area contributed by atoms with Crippen LogP contribution in [-0.2, 0) is 6.54 Å². The van der Waals surface area contributed by atoms with Gasteiger partial charge in [0, 0.05) is 23.0 Å². The number of nitrogens with one attached hydrogen (secondary N) is 1. The van der Waals surface area contributed by atoms with Crippen LogP contribution < -0.4 is 5.32 Å². The first kappa shape index (κ1) is 12.1. The molecule has 17 heavy (non-hydrogen) atoms. The Labute approximate surface area is 104 Å². The third-order valence-corrected chi connectivity index (χ3v) is 3.50. The Morgan fingerprint density at radius 3 is 2.94 bits per heavy atom. The lowest BCUT2D eigenvalue weighted by molar-refractivity contribution is 0.449. The molecular formula is C13H14FNOS. The summed E-state index contributed by atoms with van der Waals surface area (Å²) in [6, 6.07) is 7.94. The van der Waals surface area contributed by atoms with Crippen molar-refractivity contribution in [2.45, 2.75) is 19.5 Å².